The number of nitrogens with zero attached hydrogens (tertiary/aromatic N) is 2. The van der Waals surface area contributed by atoms with Crippen LogP contribution in [0.1, 0.15) is 12.8 Å². The van der Waals surface area contributed by atoms with E-state index < -0.39 is 10.7 Å². The van der Waals surface area contributed by atoms with Gasteiger partial charge in [0.1, 0.15) is 6.20 Å². The molecule has 1 aromatic heterocycles. The van der Waals surface area contributed by atoms with Crippen molar-refractivity contribution in [3.8, 4) is 5.75 Å². The van der Waals surface area contributed by atoms with Gasteiger partial charge < -0.3 is 24.9 Å². The highest BCUT2D eigenvalue weighted by Gasteiger charge is 2.18. The van der Waals surface area contributed by atoms with Crippen molar-refractivity contribution in [1.82, 2.24) is 10.3 Å². The smallest absolute Gasteiger partial charge is 0.406 e. The van der Waals surface area contributed by atoms with Gasteiger partial charge in [-0.2, -0.15) is 0 Å². The van der Waals surface area contributed by atoms with E-state index in [9.17, 15) is 14.9 Å². The molecule has 2 heterocycles. The minimum absolute atomic E-state index is 0.0234. The van der Waals surface area contributed by atoms with E-state index in [-0.39, 0.29) is 24.4 Å². The Hall–Kier alpha value is -2.22. The number of nitro groups is 1. The molecule has 0 bridgehead atoms. The van der Waals surface area contributed by atoms with Gasteiger partial charge in [0.2, 0.25) is 5.75 Å². The minimum atomic E-state index is -0.653. The first kappa shape index (κ1) is 14.2. The topological polar surface area (TPSA) is 104 Å². The Morgan fingerprint density at radius 2 is 2.50 bits per heavy atom. The summed E-state index contributed by atoms with van der Waals surface area (Å²) in [5, 5.41) is 13.4. The molecule has 1 fully saturated rings. The molecule has 0 unspecified atom stereocenters. The molecule has 1 atom stereocenters. The van der Waals surface area contributed by atoms with Gasteiger partial charge in [0.05, 0.1) is 6.10 Å². The summed E-state index contributed by atoms with van der Waals surface area (Å²) in [6.45, 7) is 0.857. The fourth-order valence-electron chi connectivity index (χ4n) is 1.86. The Morgan fingerprint density at radius 3 is 3.20 bits per heavy atom. The fourth-order valence-corrected chi connectivity index (χ4v) is 1.86. The van der Waals surface area contributed by atoms with Crippen LogP contribution in [0, 0.1) is 10.1 Å². The van der Waals surface area contributed by atoms with Crippen molar-refractivity contribution < 1.29 is 19.2 Å². The molecule has 20 heavy (non-hydrogen) atoms. The minimum Gasteiger partial charge on any atom is -0.476 e. The van der Waals surface area contributed by atoms with Crippen LogP contribution >= 0.6 is 0 Å². The molecular formula is C12H15N3O5. The Balaban J connectivity index is 1.79. The first-order chi connectivity index (χ1) is 9.66. The van der Waals surface area contributed by atoms with Crippen molar-refractivity contribution in [1.29, 1.82) is 0 Å². The quantitative estimate of drug-likeness (QED) is 0.607. The Kier molecular flexibility index (Phi) is 4.83. The van der Waals surface area contributed by atoms with Crippen molar-refractivity contribution in [2.45, 2.75) is 18.9 Å². The number of pyridine rings is 1. The van der Waals surface area contributed by atoms with Gasteiger partial charge in [0, 0.05) is 13.2 Å². The monoisotopic (exact) mass is 281 g/mol. The Bertz CT molecular complexity index is 488. The SMILES string of the molecule is O=C(COc1cccnc1[N+](=O)[O-])NC[C@H]1CCCO1. The zero-order valence-corrected chi connectivity index (χ0v) is 10.8. The van der Waals surface area contributed by atoms with Crippen LogP contribution in [-0.4, -0.2) is 41.7 Å². The molecular weight excluding hydrogens is 266 g/mol. The molecule has 1 aliphatic rings. The van der Waals surface area contributed by atoms with Crippen molar-refractivity contribution in [3.05, 3.63) is 28.4 Å². The summed E-state index contributed by atoms with van der Waals surface area (Å²) in [7, 11) is 0. The van der Waals surface area contributed by atoms with Gasteiger partial charge >= 0.3 is 5.82 Å². The van der Waals surface area contributed by atoms with Crippen molar-refractivity contribution in [2.75, 3.05) is 19.8 Å². The van der Waals surface area contributed by atoms with E-state index in [0.29, 0.717) is 6.54 Å². The second-order valence-electron chi connectivity index (χ2n) is 4.31. The third-order valence-electron chi connectivity index (χ3n) is 2.83. The van der Waals surface area contributed by atoms with Crippen LogP contribution in [0.4, 0.5) is 5.82 Å². The first-order valence-corrected chi connectivity index (χ1v) is 6.27. The van der Waals surface area contributed by atoms with E-state index in [1.807, 2.05) is 0 Å². The number of carbonyl (C=O) groups excluding carboxylic acids is 1. The lowest BCUT2D eigenvalue weighted by molar-refractivity contribution is -0.390. The van der Waals surface area contributed by atoms with E-state index in [1.165, 1.54) is 18.3 Å². The van der Waals surface area contributed by atoms with Crippen LogP contribution < -0.4 is 10.1 Å². The first-order valence-electron chi connectivity index (χ1n) is 6.27. The summed E-state index contributed by atoms with van der Waals surface area (Å²) in [5.41, 5.74) is 0. The summed E-state index contributed by atoms with van der Waals surface area (Å²) < 4.78 is 10.5. The number of aromatic nitrogens is 1. The summed E-state index contributed by atoms with van der Waals surface area (Å²) in [6, 6.07) is 2.91. The molecule has 1 saturated heterocycles. The lowest BCUT2D eigenvalue weighted by atomic mass is 10.2. The molecule has 0 aliphatic carbocycles. The predicted molar refractivity (Wildman–Crippen MR) is 68.4 cm³/mol. The van der Waals surface area contributed by atoms with E-state index in [0.717, 1.165) is 19.4 Å². The maximum absolute atomic E-state index is 11.6. The van der Waals surface area contributed by atoms with Crippen LogP contribution in [0.5, 0.6) is 5.75 Å². The number of ether oxygens (including phenoxy) is 2. The number of nitrogens with one attached hydrogen (secondary N) is 1. The molecule has 0 saturated carbocycles. The van der Waals surface area contributed by atoms with Crippen molar-refractivity contribution >= 4 is 11.7 Å². The van der Waals surface area contributed by atoms with E-state index >= 15 is 0 Å². The molecule has 1 aromatic rings. The molecule has 8 heteroatoms. The molecule has 0 radical (unpaired) electrons. The lowest BCUT2D eigenvalue weighted by Gasteiger charge is -2.11. The maximum atomic E-state index is 11.6. The second kappa shape index (κ2) is 6.80. The third kappa shape index (κ3) is 3.89. The number of rotatable bonds is 6. The van der Waals surface area contributed by atoms with Gasteiger partial charge in [-0.1, -0.05) is 0 Å². The van der Waals surface area contributed by atoms with Crippen molar-refractivity contribution in [3.63, 3.8) is 0 Å². The second-order valence-corrected chi connectivity index (χ2v) is 4.31. The highest BCUT2D eigenvalue weighted by molar-refractivity contribution is 5.77. The van der Waals surface area contributed by atoms with Crippen LogP contribution in [0.15, 0.2) is 18.3 Å². The Morgan fingerprint density at radius 1 is 1.65 bits per heavy atom. The van der Waals surface area contributed by atoms with Crippen molar-refractivity contribution in [2.24, 2.45) is 0 Å². The average molecular weight is 281 g/mol. The van der Waals surface area contributed by atoms with Gasteiger partial charge in [-0.15, -0.1) is 0 Å². The summed E-state index contributed by atoms with van der Waals surface area (Å²) in [4.78, 5) is 25.2. The number of carbonyl (C=O) groups is 1. The number of hydrogen-bond acceptors (Lipinski definition) is 6. The zero-order valence-electron chi connectivity index (χ0n) is 10.8. The van der Waals surface area contributed by atoms with Crippen LogP contribution in [0.25, 0.3) is 0 Å². The molecule has 0 aromatic carbocycles. The summed E-state index contributed by atoms with van der Waals surface area (Å²) in [5.74, 6) is -0.775. The number of hydrogen-bond donors (Lipinski definition) is 1. The van der Waals surface area contributed by atoms with Gasteiger partial charge in [0.15, 0.2) is 6.61 Å². The Labute approximate surface area is 115 Å². The predicted octanol–water partition coefficient (Wildman–Crippen LogP) is 0.664. The van der Waals surface area contributed by atoms with Gasteiger partial charge in [-0.05, 0) is 34.9 Å². The zero-order chi connectivity index (χ0) is 14.4. The molecule has 108 valence electrons. The maximum Gasteiger partial charge on any atom is 0.406 e. The number of amides is 1. The normalized spacial score (nSPS) is 17.7. The molecule has 1 aliphatic heterocycles. The molecule has 1 amide bonds. The molecule has 0 spiro atoms. The van der Waals surface area contributed by atoms with Crippen LogP contribution in [0.3, 0.4) is 0 Å². The highest BCUT2D eigenvalue weighted by atomic mass is 16.6. The average Bonchev–Trinajstić information content (AvgIpc) is 2.96. The van der Waals surface area contributed by atoms with Crippen LogP contribution in [-0.2, 0) is 9.53 Å². The fraction of sp³-hybridized carbons (Fsp3) is 0.500. The van der Waals surface area contributed by atoms with Crippen LogP contribution in [0.2, 0.25) is 0 Å². The summed E-state index contributed by atoms with van der Waals surface area (Å²) >= 11 is 0. The van der Waals surface area contributed by atoms with Gasteiger partial charge in [-0.25, -0.2) is 0 Å². The van der Waals surface area contributed by atoms with E-state index in [1.54, 1.807) is 0 Å². The molecule has 8 nitrogen and oxygen atoms in total. The van der Waals surface area contributed by atoms with E-state index in [2.05, 4.69) is 10.3 Å². The highest BCUT2D eigenvalue weighted by Crippen LogP contribution is 2.22. The van der Waals surface area contributed by atoms with Gasteiger partial charge in [0.25, 0.3) is 5.91 Å². The summed E-state index contributed by atoms with van der Waals surface area (Å²) in [6.07, 6.45) is 3.27. The van der Waals surface area contributed by atoms with Gasteiger partial charge in [-0.3, -0.25) is 4.79 Å². The van der Waals surface area contributed by atoms with E-state index in [4.69, 9.17) is 9.47 Å². The standard InChI is InChI=1S/C12H15N3O5/c16-11(14-7-9-3-2-6-19-9)8-20-10-4-1-5-13-12(10)15(17)18/h1,4-5,9H,2-3,6-8H2,(H,14,16)/t9-/m1/s1. The lowest BCUT2D eigenvalue weighted by Crippen LogP contribution is -2.35. The molecule has 1 N–H and O–H groups in total. The largest absolute Gasteiger partial charge is 0.476 e. The molecule has 2 rings (SSSR count). The third-order valence-corrected chi connectivity index (χ3v) is 2.83.